The van der Waals surface area contributed by atoms with E-state index in [4.69, 9.17) is 0 Å². The lowest BCUT2D eigenvalue weighted by molar-refractivity contribution is 0.0957. The number of aliphatic hydroxyl groups is 1. The maximum atomic E-state index is 13.6. The summed E-state index contributed by atoms with van der Waals surface area (Å²) < 4.78 is 15.1. The molecule has 2 rings (SSSR count). The van der Waals surface area contributed by atoms with E-state index in [-0.39, 0.29) is 17.4 Å². The number of aryl methyl sites for hydroxylation is 1. The lowest BCUT2D eigenvalue weighted by Gasteiger charge is -2.13. The van der Waals surface area contributed by atoms with Crippen LogP contribution in [0.3, 0.4) is 0 Å². The van der Waals surface area contributed by atoms with Gasteiger partial charge in [-0.05, 0) is 37.6 Å². The summed E-state index contributed by atoms with van der Waals surface area (Å²) in [5, 5.41) is 16.4. The Morgan fingerprint density at radius 3 is 2.80 bits per heavy atom. The van der Waals surface area contributed by atoms with E-state index in [1.54, 1.807) is 32.2 Å². The van der Waals surface area contributed by atoms with Gasteiger partial charge in [0.05, 0.1) is 11.8 Å². The number of halogens is 1. The second kappa shape index (κ2) is 5.42. The quantitative estimate of drug-likeness (QED) is 0.898. The van der Waals surface area contributed by atoms with Crippen molar-refractivity contribution < 1.29 is 14.3 Å². The van der Waals surface area contributed by atoms with Crippen LogP contribution in [-0.2, 0) is 0 Å². The fourth-order valence-electron chi connectivity index (χ4n) is 1.92. The second-order valence-electron chi connectivity index (χ2n) is 4.56. The van der Waals surface area contributed by atoms with Gasteiger partial charge in [-0.25, -0.2) is 9.07 Å². The monoisotopic (exact) mass is 277 g/mol. The molecule has 1 amide bonds. The van der Waals surface area contributed by atoms with E-state index in [1.807, 2.05) is 0 Å². The van der Waals surface area contributed by atoms with E-state index in [0.717, 1.165) is 0 Å². The Hall–Kier alpha value is -2.21. The lowest BCUT2D eigenvalue weighted by atomic mass is 10.1. The Morgan fingerprint density at radius 2 is 2.20 bits per heavy atom. The molecule has 0 fully saturated rings. The van der Waals surface area contributed by atoms with Crippen molar-refractivity contribution in [3.8, 4) is 5.69 Å². The van der Waals surface area contributed by atoms with Crippen molar-refractivity contribution in [3.63, 3.8) is 0 Å². The standard InChI is InChI=1S/C14H16FN3O2/c1-8-6-13(10(9(2)19)7-11(8)15)18-5-4-12(17-18)14(20)16-3/h4-7,9,19H,1-3H3,(H,16,20)/t9-/m1/s1. The van der Waals surface area contributed by atoms with Gasteiger partial charge in [-0.15, -0.1) is 0 Å². The van der Waals surface area contributed by atoms with Crippen LogP contribution in [0.2, 0.25) is 0 Å². The van der Waals surface area contributed by atoms with E-state index >= 15 is 0 Å². The molecule has 0 saturated heterocycles. The first-order valence-corrected chi connectivity index (χ1v) is 6.20. The maximum absolute atomic E-state index is 13.6. The minimum Gasteiger partial charge on any atom is -0.389 e. The number of carbonyl (C=O) groups is 1. The predicted octanol–water partition coefficient (Wildman–Crippen LogP) is 1.73. The molecule has 6 heteroatoms. The molecular weight excluding hydrogens is 261 g/mol. The normalized spacial score (nSPS) is 12.2. The third kappa shape index (κ3) is 2.55. The van der Waals surface area contributed by atoms with Crippen LogP contribution >= 0.6 is 0 Å². The number of benzene rings is 1. The van der Waals surface area contributed by atoms with Crippen LogP contribution in [-0.4, -0.2) is 27.8 Å². The van der Waals surface area contributed by atoms with Gasteiger partial charge in [0.15, 0.2) is 5.69 Å². The van der Waals surface area contributed by atoms with Crippen LogP contribution < -0.4 is 5.32 Å². The fraction of sp³-hybridized carbons (Fsp3) is 0.286. The highest BCUT2D eigenvalue weighted by atomic mass is 19.1. The van der Waals surface area contributed by atoms with Crippen LogP contribution in [0.5, 0.6) is 0 Å². The molecule has 0 aliphatic heterocycles. The minimum absolute atomic E-state index is 0.256. The van der Waals surface area contributed by atoms with Gasteiger partial charge < -0.3 is 10.4 Å². The smallest absolute Gasteiger partial charge is 0.271 e. The Balaban J connectivity index is 2.54. The molecule has 0 saturated carbocycles. The molecule has 0 aliphatic rings. The zero-order chi connectivity index (χ0) is 14.9. The van der Waals surface area contributed by atoms with Crippen LogP contribution in [0, 0.1) is 12.7 Å². The molecule has 20 heavy (non-hydrogen) atoms. The highest BCUT2D eigenvalue weighted by molar-refractivity contribution is 5.91. The summed E-state index contributed by atoms with van der Waals surface area (Å²) in [5.41, 5.74) is 1.67. The van der Waals surface area contributed by atoms with Gasteiger partial charge in [0.25, 0.3) is 5.91 Å². The van der Waals surface area contributed by atoms with Gasteiger partial charge in [-0.2, -0.15) is 5.10 Å². The van der Waals surface area contributed by atoms with Crippen molar-refractivity contribution >= 4 is 5.91 Å². The SMILES string of the molecule is CNC(=O)c1ccn(-c2cc(C)c(F)cc2[C@@H](C)O)n1. The predicted molar refractivity (Wildman–Crippen MR) is 72.3 cm³/mol. The van der Waals surface area contributed by atoms with Gasteiger partial charge in [0.2, 0.25) is 0 Å². The number of amides is 1. The Morgan fingerprint density at radius 1 is 1.50 bits per heavy atom. The maximum Gasteiger partial charge on any atom is 0.271 e. The van der Waals surface area contributed by atoms with E-state index in [9.17, 15) is 14.3 Å². The highest BCUT2D eigenvalue weighted by Gasteiger charge is 2.15. The van der Waals surface area contributed by atoms with E-state index in [0.29, 0.717) is 16.8 Å². The molecule has 0 bridgehead atoms. The average molecular weight is 277 g/mol. The summed E-state index contributed by atoms with van der Waals surface area (Å²) in [6.45, 7) is 3.19. The summed E-state index contributed by atoms with van der Waals surface area (Å²) >= 11 is 0. The zero-order valence-electron chi connectivity index (χ0n) is 11.5. The molecule has 2 aromatic rings. The first-order chi connectivity index (χ1) is 9.43. The number of hydrogen-bond acceptors (Lipinski definition) is 3. The van der Waals surface area contributed by atoms with Crippen molar-refractivity contribution in [3.05, 3.63) is 47.0 Å². The Bertz CT molecular complexity index is 650. The molecule has 0 spiro atoms. The van der Waals surface area contributed by atoms with Crippen LogP contribution in [0.4, 0.5) is 4.39 Å². The van der Waals surface area contributed by atoms with Crippen LogP contribution in [0.15, 0.2) is 24.4 Å². The largest absolute Gasteiger partial charge is 0.389 e. The molecule has 1 atom stereocenters. The first-order valence-electron chi connectivity index (χ1n) is 6.20. The lowest BCUT2D eigenvalue weighted by Crippen LogP contribution is -2.18. The number of aromatic nitrogens is 2. The topological polar surface area (TPSA) is 67.2 Å². The van der Waals surface area contributed by atoms with Gasteiger partial charge in [0, 0.05) is 18.8 Å². The van der Waals surface area contributed by atoms with Crippen molar-refractivity contribution in [2.24, 2.45) is 0 Å². The third-order valence-electron chi connectivity index (χ3n) is 3.05. The summed E-state index contributed by atoms with van der Waals surface area (Å²) in [6.07, 6.45) is 0.760. The van der Waals surface area contributed by atoms with Crippen molar-refractivity contribution in [2.75, 3.05) is 7.05 Å². The molecule has 1 aromatic carbocycles. The summed E-state index contributed by atoms with van der Waals surface area (Å²) in [5.74, 6) is -0.690. The van der Waals surface area contributed by atoms with Crippen molar-refractivity contribution in [2.45, 2.75) is 20.0 Å². The third-order valence-corrected chi connectivity index (χ3v) is 3.05. The number of nitrogens with one attached hydrogen (secondary N) is 1. The van der Waals surface area contributed by atoms with Gasteiger partial charge in [-0.3, -0.25) is 4.79 Å². The molecule has 106 valence electrons. The van der Waals surface area contributed by atoms with Crippen molar-refractivity contribution in [1.29, 1.82) is 0 Å². The molecule has 0 aliphatic carbocycles. The Labute approximate surface area is 116 Å². The zero-order valence-corrected chi connectivity index (χ0v) is 11.5. The van der Waals surface area contributed by atoms with E-state index in [1.165, 1.54) is 17.8 Å². The summed E-state index contributed by atoms with van der Waals surface area (Å²) in [4.78, 5) is 11.5. The average Bonchev–Trinajstić information content (AvgIpc) is 2.89. The molecule has 1 heterocycles. The Kier molecular flexibility index (Phi) is 3.85. The van der Waals surface area contributed by atoms with Gasteiger partial charge in [0.1, 0.15) is 5.82 Å². The van der Waals surface area contributed by atoms with Crippen LogP contribution in [0.25, 0.3) is 5.69 Å². The number of aliphatic hydroxyl groups excluding tert-OH is 1. The molecule has 0 unspecified atom stereocenters. The molecule has 2 N–H and O–H groups in total. The van der Waals surface area contributed by atoms with E-state index < -0.39 is 6.10 Å². The summed E-state index contributed by atoms with van der Waals surface area (Å²) in [6, 6.07) is 4.44. The first kappa shape index (κ1) is 14.2. The number of nitrogens with zero attached hydrogens (tertiary/aromatic N) is 2. The van der Waals surface area contributed by atoms with Crippen LogP contribution in [0.1, 0.15) is 34.6 Å². The number of carbonyl (C=O) groups excluding carboxylic acids is 1. The number of hydrogen-bond donors (Lipinski definition) is 2. The van der Waals surface area contributed by atoms with E-state index in [2.05, 4.69) is 10.4 Å². The highest BCUT2D eigenvalue weighted by Crippen LogP contribution is 2.24. The second-order valence-corrected chi connectivity index (χ2v) is 4.56. The molecule has 1 aromatic heterocycles. The van der Waals surface area contributed by atoms with Gasteiger partial charge in [-0.1, -0.05) is 0 Å². The number of rotatable bonds is 3. The van der Waals surface area contributed by atoms with Crippen molar-refractivity contribution in [1.82, 2.24) is 15.1 Å². The minimum atomic E-state index is -0.840. The fourth-order valence-corrected chi connectivity index (χ4v) is 1.92. The molecular formula is C14H16FN3O2. The summed E-state index contributed by atoms with van der Waals surface area (Å²) in [7, 11) is 1.52. The molecule has 0 radical (unpaired) electrons. The van der Waals surface area contributed by atoms with Gasteiger partial charge >= 0.3 is 0 Å². The molecule has 5 nitrogen and oxygen atoms in total.